The van der Waals surface area contributed by atoms with Gasteiger partial charge in [-0.1, -0.05) is 6.08 Å². The highest BCUT2D eigenvalue weighted by molar-refractivity contribution is 6.17. The van der Waals surface area contributed by atoms with Gasteiger partial charge >= 0.3 is 5.97 Å². The van der Waals surface area contributed by atoms with Crippen LogP contribution in [0.15, 0.2) is 24.8 Å². The van der Waals surface area contributed by atoms with Gasteiger partial charge in [-0.3, -0.25) is 0 Å². The highest BCUT2D eigenvalue weighted by atomic mass is 35.5. The van der Waals surface area contributed by atoms with Crippen molar-refractivity contribution in [2.24, 2.45) is 0 Å². The fraction of sp³-hybridized carbons (Fsp3) is 0.308. The maximum absolute atomic E-state index is 11.9. The zero-order chi connectivity index (χ0) is 13.7. The zero-order valence-corrected chi connectivity index (χ0v) is 10.8. The molecule has 0 saturated carbocycles. The normalized spacial score (nSPS) is 11.9. The quantitative estimate of drug-likeness (QED) is 0.490. The molecule has 0 bridgehead atoms. The number of phenolic OH excluding ortho intramolecular Hbond substituents is 2. The van der Waals surface area contributed by atoms with Crippen LogP contribution in [0.3, 0.4) is 0 Å². The van der Waals surface area contributed by atoms with Crippen molar-refractivity contribution in [1.29, 1.82) is 0 Å². The van der Waals surface area contributed by atoms with E-state index in [2.05, 4.69) is 6.58 Å². The SMILES string of the molecule is C=CC[C@H](C)OC(=O)c1c(O)cc(O)cc1CCl. The van der Waals surface area contributed by atoms with Crippen LogP contribution in [0.1, 0.15) is 29.3 Å². The van der Waals surface area contributed by atoms with Gasteiger partial charge < -0.3 is 14.9 Å². The number of hydrogen-bond acceptors (Lipinski definition) is 4. The van der Waals surface area contributed by atoms with Gasteiger partial charge in [-0.2, -0.15) is 0 Å². The van der Waals surface area contributed by atoms with E-state index in [0.717, 1.165) is 6.07 Å². The summed E-state index contributed by atoms with van der Waals surface area (Å²) in [6.45, 7) is 5.27. The Bertz CT molecular complexity index is 457. The molecule has 0 amide bonds. The molecule has 18 heavy (non-hydrogen) atoms. The summed E-state index contributed by atoms with van der Waals surface area (Å²) >= 11 is 5.67. The molecule has 0 unspecified atom stereocenters. The number of phenols is 2. The van der Waals surface area contributed by atoms with Gasteiger partial charge in [0.25, 0.3) is 0 Å². The molecule has 0 aliphatic heterocycles. The lowest BCUT2D eigenvalue weighted by atomic mass is 10.1. The Labute approximate surface area is 110 Å². The Kier molecular flexibility index (Phi) is 5.04. The number of carbonyl (C=O) groups excluding carboxylic acids is 1. The molecule has 2 N–H and O–H groups in total. The van der Waals surface area contributed by atoms with Gasteiger partial charge in [0.15, 0.2) is 0 Å². The van der Waals surface area contributed by atoms with Gasteiger partial charge in [-0.25, -0.2) is 4.79 Å². The first kappa shape index (κ1) is 14.4. The van der Waals surface area contributed by atoms with Crippen LogP contribution in [0.4, 0.5) is 0 Å². The van der Waals surface area contributed by atoms with Crippen LogP contribution >= 0.6 is 11.6 Å². The second-order valence-electron chi connectivity index (χ2n) is 3.87. The van der Waals surface area contributed by atoms with Crippen molar-refractivity contribution in [2.75, 3.05) is 0 Å². The van der Waals surface area contributed by atoms with Gasteiger partial charge in [0.2, 0.25) is 0 Å². The first-order chi connectivity index (χ1) is 8.49. The minimum Gasteiger partial charge on any atom is -0.508 e. The summed E-state index contributed by atoms with van der Waals surface area (Å²) in [7, 11) is 0. The van der Waals surface area contributed by atoms with Crippen LogP contribution in [0.2, 0.25) is 0 Å². The molecule has 0 aromatic heterocycles. The monoisotopic (exact) mass is 270 g/mol. The van der Waals surface area contributed by atoms with E-state index < -0.39 is 5.97 Å². The van der Waals surface area contributed by atoms with Crippen molar-refractivity contribution in [2.45, 2.75) is 25.3 Å². The predicted octanol–water partition coefficient (Wildman–Crippen LogP) is 2.96. The highest BCUT2D eigenvalue weighted by Gasteiger charge is 2.20. The van der Waals surface area contributed by atoms with E-state index in [4.69, 9.17) is 16.3 Å². The number of halogens is 1. The topological polar surface area (TPSA) is 66.8 Å². The molecular weight excluding hydrogens is 256 g/mol. The van der Waals surface area contributed by atoms with Gasteiger partial charge in [-0.15, -0.1) is 18.2 Å². The fourth-order valence-electron chi connectivity index (χ4n) is 1.53. The summed E-state index contributed by atoms with van der Waals surface area (Å²) in [5.74, 6) is -1.18. The van der Waals surface area contributed by atoms with Gasteiger partial charge in [0.05, 0.1) is 0 Å². The first-order valence-corrected chi connectivity index (χ1v) is 5.95. The number of aromatic hydroxyl groups is 2. The number of esters is 1. The molecule has 0 saturated heterocycles. The van der Waals surface area contributed by atoms with Crippen molar-refractivity contribution in [3.63, 3.8) is 0 Å². The third-order valence-corrected chi connectivity index (χ3v) is 2.63. The molecule has 5 heteroatoms. The Morgan fingerprint density at radius 1 is 1.56 bits per heavy atom. The standard InChI is InChI=1S/C13H15ClO4/c1-3-4-8(2)18-13(17)12-9(7-14)5-10(15)6-11(12)16/h3,5-6,8,15-16H,1,4,7H2,2H3/t8-/m0/s1. The van der Waals surface area contributed by atoms with E-state index in [1.54, 1.807) is 13.0 Å². The number of ether oxygens (including phenoxy) is 1. The second-order valence-corrected chi connectivity index (χ2v) is 4.14. The molecular formula is C13H15ClO4. The molecule has 1 rings (SSSR count). The van der Waals surface area contributed by atoms with Gasteiger partial charge in [0, 0.05) is 18.4 Å². The van der Waals surface area contributed by atoms with Crippen molar-refractivity contribution < 1.29 is 19.7 Å². The maximum Gasteiger partial charge on any atom is 0.342 e. The Morgan fingerprint density at radius 3 is 2.78 bits per heavy atom. The van der Waals surface area contributed by atoms with Gasteiger partial charge in [0.1, 0.15) is 23.2 Å². The van der Waals surface area contributed by atoms with Crippen LogP contribution in [0.5, 0.6) is 11.5 Å². The molecule has 0 aliphatic rings. The van der Waals surface area contributed by atoms with E-state index in [-0.39, 0.29) is 29.0 Å². The molecule has 1 aromatic carbocycles. The summed E-state index contributed by atoms with van der Waals surface area (Å²) in [5.41, 5.74) is 0.309. The Hall–Kier alpha value is -1.68. The number of carbonyl (C=O) groups is 1. The Morgan fingerprint density at radius 2 is 2.22 bits per heavy atom. The summed E-state index contributed by atoms with van der Waals surface area (Å²) in [5, 5.41) is 19.0. The third-order valence-electron chi connectivity index (χ3n) is 2.34. The molecule has 0 fully saturated rings. The number of hydrogen-bond donors (Lipinski definition) is 2. The largest absolute Gasteiger partial charge is 0.508 e. The second kappa shape index (κ2) is 6.31. The highest BCUT2D eigenvalue weighted by Crippen LogP contribution is 2.29. The molecule has 0 spiro atoms. The average molecular weight is 271 g/mol. The maximum atomic E-state index is 11.9. The number of alkyl halides is 1. The average Bonchev–Trinajstić information content (AvgIpc) is 2.27. The molecule has 98 valence electrons. The van der Waals surface area contributed by atoms with Crippen molar-refractivity contribution >= 4 is 17.6 Å². The first-order valence-electron chi connectivity index (χ1n) is 5.42. The van der Waals surface area contributed by atoms with E-state index in [1.807, 2.05) is 0 Å². The lowest BCUT2D eigenvalue weighted by Gasteiger charge is -2.14. The van der Waals surface area contributed by atoms with Crippen LogP contribution in [0, 0.1) is 0 Å². The number of rotatable bonds is 5. The fourth-order valence-corrected chi connectivity index (χ4v) is 1.75. The third kappa shape index (κ3) is 3.40. The van der Waals surface area contributed by atoms with Crippen LogP contribution in [-0.2, 0) is 10.6 Å². The lowest BCUT2D eigenvalue weighted by Crippen LogP contribution is -2.15. The van der Waals surface area contributed by atoms with E-state index in [1.165, 1.54) is 6.07 Å². The molecule has 4 nitrogen and oxygen atoms in total. The summed E-state index contributed by atoms with van der Waals surface area (Å²) in [4.78, 5) is 11.9. The molecule has 0 radical (unpaired) electrons. The summed E-state index contributed by atoms with van der Waals surface area (Å²) in [6.07, 6.45) is 1.81. The zero-order valence-electron chi connectivity index (χ0n) is 10.0. The predicted molar refractivity (Wildman–Crippen MR) is 69.0 cm³/mol. The molecule has 0 aliphatic carbocycles. The van der Waals surface area contributed by atoms with E-state index in [9.17, 15) is 15.0 Å². The molecule has 1 aromatic rings. The van der Waals surface area contributed by atoms with Crippen molar-refractivity contribution in [3.05, 3.63) is 35.9 Å². The van der Waals surface area contributed by atoms with Crippen molar-refractivity contribution in [1.82, 2.24) is 0 Å². The minimum atomic E-state index is -0.669. The van der Waals surface area contributed by atoms with Gasteiger partial charge in [-0.05, 0) is 18.6 Å². The van der Waals surface area contributed by atoms with Crippen LogP contribution in [0.25, 0.3) is 0 Å². The van der Waals surface area contributed by atoms with E-state index in [0.29, 0.717) is 12.0 Å². The smallest absolute Gasteiger partial charge is 0.342 e. The molecule has 0 heterocycles. The minimum absolute atomic E-state index is 0.0117. The number of benzene rings is 1. The summed E-state index contributed by atoms with van der Waals surface area (Å²) in [6, 6.07) is 2.40. The van der Waals surface area contributed by atoms with Crippen LogP contribution < -0.4 is 0 Å². The van der Waals surface area contributed by atoms with Crippen molar-refractivity contribution in [3.8, 4) is 11.5 Å². The lowest BCUT2D eigenvalue weighted by molar-refractivity contribution is 0.0344. The molecule has 1 atom stereocenters. The summed E-state index contributed by atoms with van der Waals surface area (Å²) < 4.78 is 5.13. The Balaban J connectivity index is 3.01. The van der Waals surface area contributed by atoms with Crippen LogP contribution in [-0.4, -0.2) is 22.3 Å². The van der Waals surface area contributed by atoms with E-state index >= 15 is 0 Å².